The highest BCUT2D eigenvalue weighted by atomic mass is 127. The van der Waals surface area contributed by atoms with Crippen LogP contribution in [0.25, 0.3) is 17.2 Å². The summed E-state index contributed by atoms with van der Waals surface area (Å²) in [7, 11) is 3.47. The number of hydrogen-bond acceptors (Lipinski definition) is 2. The number of rotatable bonds is 4. The minimum absolute atomic E-state index is 0.0244. The zero-order valence-electron chi connectivity index (χ0n) is 15.3. The van der Waals surface area contributed by atoms with Gasteiger partial charge in [0.25, 0.3) is 0 Å². The molecular weight excluding hydrogens is 564 g/mol. The highest BCUT2D eigenvalue weighted by molar-refractivity contribution is 14.2. The number of methoxy groups -OCH3 is 2. The summed E-state index contributed by atoms with van der Waals surface area (Å²) in [6.45, 7) is 0. The molecular formula is C22H21I2NO2. The average molecular weight is 585 g/mol. The molecule has 1 N–H and O–H groups in total. The Hall–Kier alpha value is -1.61. The lowest BCUT2D eigenvalue weighted by molar-refractivity contribution is 0.318. The maximum absolute atomic E-state index is 5.59. The average Bonchev–Trinajstić information content (AvgIpc) is 2.97. The summed E-state index contributed by atoms with van der Waals surface area (Å²) in [4.78, 5) is 3.50. The zero-order valence-corrected chi connectivity index (χ0v) is 19.6. The second kappa shape index (κ2) is 8.18. The molecule has 140 valence electrons. The molecule has 3 nitrogen and oxygen atoms in total. The lowest BCUT2D eigenvalue weighted by atomic mass is 9.99. The normalized spacial score (nSPS) is 16.7. The Morgan fingerprint density at radius 1 is 1.07 bits per heavy atom. The van der Waals surface area contributed by atoms with Gasteiger partial charge < -0.3 is 14.5 Å². The number of halogens is 2. The van der Waals surface area contributed by atoms with Gasteiger partial charge in [0.2, 0.25) is 0 Å². The van der Waals surface area contributed by atoms with Gasteiger partial charge in [-0.25, -0.2) is 0 Å². The smallest absolute Gasteiger partial charge is 0.126 e. The topological polar surface area (TPSA) is 34.2 Å². The minimum atomic E-state index is -1.64. The van der Waals surface area contributed by atoms with Crippen molar-refractivity contribution < 1.29 is 9.47 Å². The number of allylic oxidation sites excluding steroid dienone is 5. The Kier molecular flexibility index (Phi) is 5.68. The SMILES string of the molecule is C=I1=CC(C2=CCI=CC(OC)=C2)=Cc2c(-c3ccccc3OC)c[nH]c21. The summed E-state index contributed by atoms with van der Waals surface area (Å²) in [6.07, 6.45) is 8.91. The standard InChI is InChI=1S/C22H21I2NO2/c1-24-13-16(15-8-9-23-12-17(10-15)26-2)11-19-20(14-25-22(19)24)18-6-4-5-7-21(18)27-3/h4-8,10-14,25H,1,9H2,2-3H3. The van der Waals surface area contributed by atoms with Crippen molar-refractivity contribution in [1.29, 1.82) is 0 Å². The molecule has 0 atom stereocenters. The molecule has 4 rings (SSSR count). The van der Waals surface area contributed by atoms with E-state index in [2.05, 4.69) is 54.1 Å². The second-order valence-corrected chi connectivity index (χ2v) is 12.4. The van der Waals surface area contributed by atoms with Crippen LogP contribution in [0.15, 0.2) is 59.5 Å². The Labute approximate surface area is 175 Å². The van der Waals surface area contributed by atoms with Crippen LogP contribution in [0.3, 0.4) is 0 Å². The molecule has 5 heteroatoms. The van der Waals surface area contributed by atoms with Gasteiger partial charge in [-0.3, -0.25) is 0 Å². The van der Waals surface area contributed by atoms with E-state index in [1.165, 1.54) is 26.0 Å². The van der Waals surface area contributed by atoms with Crippen molar-refractivity contribution in [3.8, 4) is 16.9 Å². The number of hydrogen-bond donors (Lipinski definition) is 1. The predicted octanol–water partition coefficient (Wildman–Crippen LogP) is 5.24. The van der Waals surface area contributed by atoms with Crippen molar-refractivity contribution in [2.24, 2.45) is 0 Å². The maximum atomic E-state index is 5.59. The van der Waals surface area contributed by atoms with E-state index in [-0.39, 0.29) is 20.7 Å². The van der Waals surface area contributed by atoms with Gasteiger partial charge in [0.15, 0.2) is 0 Å². The molecule has 0 unspecified atom stereocenters. The first kappa shape index (κ1) is 18.7. The molecule has 0 amide bonds. The van der Waals surface area contributed by atoms with E-state index in [1.54, 1.807) is 14.2 Å². The Morgan fingerprint density at radius 2 is 1.93 bits per heavy atom. The second-order valence-electron chi connectivity index (χ2n) is 6.06. The highest BCUT2D eigenvalue weighted by Crippen LogP contribution is 2.40. The fraction of sp³-hybridized carbons (Fsp3) is 0.136. The van der Waals surface area contributed by atoms with Gasteiger partial charge in [0.1, 0.15) is 11.5 Å². The third-order valence-corrected chi connectivity index (χ3v) is 10.2. The van der Waals surface area contributed by atoms with Gasteiger partial charge in [-0.15, -0.1) is 39.6 Å². The molecule has 1 aromatic carbocycles. The van der Waals surface area contributed by atoms with Crippen LogP contribution in [0.4, 0.5) is 0 Å². The first-order valence-electron chi connectivity index (χ1n) is 8.47. The van der Waals surface area contributed by atoms with E-state index >= 15 is 0 Å². The van der Waals surface area contributed by atoms with Gasteiger partial charge >= 0.3 is 0 Å². The quantitative estimate of drug-likeness (QED) is 0.394. The van der Waals surface area contributed by atoms with Crippen LogP contribution in [0, 0.1) is 3.70 Å². The van der Waals surface area contributed by atoms with Crippen LogP contribution in [0.1, 0.15) is 5.56 Å². The van der Waals surface area contributed by atoms with Gasteiger partial charge in [0.05, 0.1) is 17.9 Å². The van der Waals surface area contributed by atoms with Crippen LogP contribution in [0.2, 0.25) is 0 Å². The predicted molar refractivity (Wildman–Crippen MR) is 135 cm³/mol. The summed E-state index contributed by atoms with van der Waals surface area (Å²) in [5.41, 5.74) is 6.08. The minimum Gasteiger partial charge on any atom is -0.496 e. The zero-order chi connectivity index (χ0) is 18.8. The van der Waals surface area contributed by atoms with E-state index in [0.29, 0.717) is 0 Å². The van der Waals surface area contributed by atoms with Crippen LogP contribution >= 0.6 is 39.6 Å². The maximum Gasteiger partial charge on any atom is 0.126 e. The molecule has 0 fully saturated rings. The van der Waals surface area contributed by atoms with Crippen molar-refractivity contribution in [3.63, 3.8) is 0 Å². The molecule has 0 saturated heterocycles. The molecule has 2 aromatic rings. The first-order valence-corrected chi connectivity index (χ1v) is 15.1. The molecule has 0 radical (unpaired) electrons. The highest BCUT2D eigenvalue weighted by Gasteiger charge is 2.18. The number of para-hydroxylation sites is 1. The lowest BCUT2D eigenvalue weighted by Gasteiger charge is -2.14. The summed E-state index contributed by atoms with van der Waals surface area (Å²) in [5.74, 6) is 1.87. The third kappa shape index (κ3) is 3.71. The number of fused-ring (bicyclic) bond motifs is 1. The fourth-order valence-corrected chi connectivity index (χ4v) is 8.43. The number of alkyl halides is 1. The summed E-state index contributed by atoms with van der Waals surface area (Å²) in [5, 5.41) is 0. The molecule has 0 spiro atoms. The number of nitrogens with one attached hydrogen (secondary N) is 1. The van der Waals surface area contributed by atoms with Gasteiger partial charge in [-0.05, 0) is 33.4 Å². The summed E-state index contributed by atoms with van der Waals surface area (Å²) in [6, 6.07) is 8.18. The lowest BCUT2D eigenvalue weighted by Crippen LogP contribution is -1.97. The summed E-state index contributed by atoms with van der Waals surface area (Å²) < 4.78 is 22.7. The first-order chi connectivity index (χ1) is 13.2. The van der Waals surface area contributed by atoms with E-state index in [1.807, 2.05) is 12.1 Å². The van der Waals surface area contributed by atoms with Crippen LogP contribution in [-0.4, -0.2) is 36.2 Å². The molecule has 2 aliphatic rings. The summed E-state index contributed by atoms with van der Waals surface area (Å²) >= 11 is -1.61. The monoisotopic (exact) mass is 585 g/mol. The van der Waals surface area contributed by atoms with Crippen molar-refractivity contribution in [2.45, 2.75) is 0 Å². The third-order valence-electron chi connectivity index (χ3n) is 4.50. The van der Waals surface area contributed by atoms with Crippen molar-refractivity contribution in [3.05, 3.63) is 68.8 Å². The van der Waals surface area contributed by atoms with E-state index in [4.69, 9.17) is 9.47 Å². The molecule has 0 bridgehead atoms. The van der Waals surface area contributed by atoms with E-state index in [0.717, 1.165) is 21.5 Å². The number of ether oxygens (including phenoxy) is 2. The Bertz CT molecular complexity index is 1090. The molecule has 0 saturated carbocycles. The van der Waals surface area contributed by atoms with Crippen LogP contribution < -0.4 is 4.74 Å². The van der Waals surface area contributed by atoms with Crippen LogP contribution in [-0.2, 0) is 4.74 Å². The van der Waals surface area contributed by atoms with Gasteiger partial charge in [-0.2, -0.15) is 0 Å². The Morgan fingerprint density at radius 3 is 2.74 bits per heavy atom. The molecule has 2 aliphatic heterocycles. The Balaban J connectivity index is 1.85. The van der Waals surface area contributed by atoms with Crippen molar-refractivity contribution in [1.82, 2.24) is 4.98 Å². The van der Waals surface area contributed by atoms with Crippen molar-refractivity contribution >= 4 is 58.2 Å². The van der Waals surface area contributed by atoms with Gasteiger partial charge in [-0.1, -0.05) is 28.8 Å². The fourth-order valence-electron chi connectivity index (χ4n) is 3.17. The van der Waals surface area contributed by atoms with Crippen LogP contribution in [0.5, 0.6) is 5.75 Å². The molecule has 1 aromatic heterocycles. The molecule has 3 heterocycles. The number of benzene rings is 1. The number of aromatic nitrogens is 1. The van der Waals surface area contributed by atoms with E-state index in [9.17, 15) is 0 Å². The van der Waals surface area contributed by atoms with E-state index < -0.39 is 18.9 Å². The van der Waals surface area contributed by atoms with Crippen molar-refractivity contribution in [2.75, 3.05) is 18.6 Å². The molecule has 27 heavy (non-hydrogen) atoms. The number of aromatic amines is 1. The van der Waals surface area contributed by atoms with Gasteiger partial charge in [0, 0.05) is 31.3 Å². The largest absolute Gasteiger partial charge is 0.496 e. The number of H-pyrrole nitrogens is 1. The molecule has 0 aliphatic carbocycles.